The lowest BCUT2D eigenvalue weighted by molar-refractivity contribution is 0.0696. The first-order valence-corrected chi connectivity index (χ1v) is 7.87. The van der Waals surface area contributed by atoms with Gasteiger partial charge < -0.3 is 25.6 Å². The highest BCUT2D eigenvalue weighted by Crippen LogP contribution is 2.28. The van der Waals surface area contributed by atoms with Crippen LogP contribution in [0, 0.1) is 0 Å². The molecule has 26 heavy (non-hydrogen) atoms. The van der Waals surface area contributed by atoms with Crippen molar-refractivity contribution in [3.8, 4) is 5.75 Å². The fourth-order valence-electron chi connectivity index (χ4n) is 2.65. The highest BCUT2D eigenvalue weighted by Gasteiger charge is 2.14. The number of H-pyrrole nitrogens is 1. The van der Waals surface area contributed by atoms with Crippen LogP contribution in [0.25, 0.3) is 10.9 Å². The molecule has 2 aromatic heterocycles. The van der Waals surface area contributed by atoms with Crippen LogP contribution in [0.4, 0.5) is 0 Å². The maximum Gasteiger partial charge on any atom is 0.337 e. The number of fused-ring (bicyclic) bond motifs is 1. The Morgan fingerprint density at radius 3 is 2.69 bits per heavy atom. The van der Waals surface area contributed by atoms with Crippen molar-refractivity contribution in [3.05, 3.63) is 69.8 Å². The summed E-state index contributed by atoms with van der Waals surface area (Å²) in [4.78, 5) is 28.8. The van der Waals surface area contributed by atoms with E-state index in [0.717, 1.165) is 0 Å². The summed E-state index contributed by atoms with van der Waals surface area (Å²) in [5.41, 5.74) is 1.25. The summed E-state index contributed by atoms with van der Waals surface area (Å²) in [7, 11) is 0. The van der Waals surface area contributed by atoms with Gasteiger partial charge in [-0.15, -0.1) is 0 Å². The normalized spacial score (nSPS) is 12.2. The Balaban J connectivity index is 1.69. The lowest BCUT2D eigenvalue weighted by atomic mass is 10.0. The van der Waals surface area contributed by atoms with Gasteiger partial charge in [0.1, 0.15) is 5.75 Å². The van der Waals surface area contributed by atoms with Crippen LogP contribution in [-0.4, -0.2) is 37.8 Å². The van der Waals surface area contributed by atoms with Crippen molar-refractivity contribution in [1.82, 2.24) is 15.3 Å². The van der Waals surface area contributed by atoms with E-state index >= 15 is 0 Å². The molecule has 0 aliphatic carbocycles. The number of hydrogen-bond acceptors (Lipinski definition) is 6. The van der Waals surface area contributed by atoms with Crippen LogP contribution in [0.2, 0.25) is 0 Å². The van der Waals surface area contributed by atoms with Gasteiger partial charge in [0.15, 0.2) is 0 Å². The SMILES string of the molecule is O=C(O)c1ccc(CNCC(O)c2ccc(O)c3[nH]c(=O)ccc23)nc1. The predicted octanol–water partition coefficient (Wildman–Crippen LogP) is 1.15. The Kier molecular flexibility index (Phi) is 4.97. The number of carboxylic acids is 1. The number of aromatic amines is 1. The molecule has 5 N–H and O–H groups in total. The lowest BCUT2D eigenvalue weighted by Gasteiger charge is -2.15. The molecule has 1 unspecified atom stereocenters. The van der Waals surface area contributed by atoms with Crippen molar-refractivity contribution < 1.29 is 20.1 Å². The number of aromatic hydroxyl groups is 1. The van der Waals surface area contributed by atoms with E-state index in [9.17, 15) is 19.8 Å². The largest absolute Gasteiger partial charge is 0.506 e. The molecule has 1 atom stereocenters. The summed E-state index contributed by atoms with van der Waals surface area (Å²) in [6.07, 6.45) is 0.405. The number of phenolic OH excluding ortho intramolecular Hbond substituents is 1. The molecule has 3 rings (SSSR count). The zero-order chi connectivity index (χ0) is 18.7. The quantitative estimate of drug-likeness (QED) is 0.447. The smallest absolute Gasteiger partial charge is 0.337 e. The molecular weight excluding hydrogens is 338 g/mol. The number of benzene rings is 1. The number of aliphatic hydroxyl groups is 1. The second-order valence-corrected chi connectivity index (χ2v) is 5.78. The molecule has 2 heterocycles. The molecule has 0 saturated heterocycles. The van der Waals surface area contributed by atoms with Gasteiger partial charge in [0, 0.05) is 30.7 Å². The van der Waals surface area contributed by atoms with Crippen molar-refractivity contribution in [3.63, 3.8) is 0 Å². The number of phenols is 1. The van der Waals surface area contributed by atoms with E-state index < -0.39 is 12.1 Å². The zero-order valence-electron chi connectivity index (χ0n) is 13.6. The third-order valence-electron chi connectivity index (χ3n) is 3.98. The molecule has 0 saturated carbocycles. The first-order valence-electron chi connectivity index (χ1n) is 7.87. The molecule has 0 aliphatic rings. The predicted molar refractivity (Wildman–Crippen MR) is 94.1 cm³/mol. The second kappa shape index (κ2) is 7.34. The molecule has 8 heteroatoms. The van der Waals surface area contributed by atoms with E-state index in [-0.39, 0.29) is 28.9 Å². The number of hydrogen-bond donors (Lipinski definition) is 5. The van der Waals surface area contributed by atoms with Gasteiger partial charge in [-0.1, -0.05) is 6.07 Å². The Morgan fingerprint density at radius 2 is 2.00 bits per heavy atom. The minimum atomic E-state index is -1.04. The Labute approximate surface area is 147 Å². The molecule has 0 radical (unpaired) electrons. The highest BCUT2D eigenvalue weighted by molar-refractivity contribution is 5.87. The van der Waals surface area contributed by atoms with Gasteiger partial charge >= 0.3 is 5.97 Å². The van der Waals surface area contributed by atoms with Gasteiger partial charge in [0.2, 0.25) is 5.56 Å². The summed E-state index contributed by atoms with van der Waals surface area (Å²) < 4.78 is 0. The number of carboxylic acid groups (broad SMARTS) is 1. The van der Waals surface area contributed by atoms with Gasteiger partial charge in [-0.2, -0.15) is 0 Å². The molecule has 134 valence electrons. The van der Waals surface area contributed by atoms with E-state index in [0.29, 0.717) is 23.2 Å². The lowest BCUT2D eigenvalue weighted by Crippen LogP contribution is -2.22. The number of aliphatic hydroxyl groups excluding tert-OH is 1. The number of pyridine rings is 2. The van der Waals surface area contributed by atoms with Crippen LogP contribution in [0.5, 0.6) is 5.75 Å². The van der Waals surface area contributed by atoms with Crippen LogP contribution < -0.4 is 10.9 Å². The molecule has 0 aliphatic heterocycles. The van der Waals surface area contributed by atoms with Crippen LogP contribution in [0.1, 0.15) is 27.7 Å². The summed E-state index contributed by atoms with van der Waals surface area (Å²) in [6, 6.07) is 8.97. The summed E-state index contributed by atoms with van der Waals surface area (Å²) in [6.45, 7) is 0.561. The van der Waals surface area contributed by atoms with Gasteiger partial charge in [0.05, 0.1) is 22.9 Å². The topological polar surface area (TPSA) is 136 Å². The van der Waals surface area contributed by atoms with E-state index in [1.165, 1.54) is 24.4 Å². The zero-order valence-corrected chi connectivity index (χ0v) is 13.6. The van der Waals surface area contributed by atoms with E-state index in [1.54, 1.807) is 18.2 Å². The first kappa shape index (κ1) is 17.6. The molecule has 1 aromatic carbocycles. The summed E-state index contributed by atoms with van der Waals surface area (Å²) >= 11 is 0. The van der Waals surface area contributed by atoms with E-state index in [1.807, 2.05) is 0 Å². The third kappa shape index (κ3) is 3.71. The van der Waals surface area contributed by atoms with Crippen molar-refractivity contribution in [2.24, 2.45) is 0 Å². The number of rotatable bonds is 6. The van der Waals surface area contributed by atoms with Crippen LogP contribution in [0.3, 0.4) is 0 Å². The highest BCUT2D eigenvalue weighted by atomic mass is 16.4. The maximum absolute atomic E-state index is 11.4. The van der Waals surface area contributed by atoms with Crippen LogP contribution >= 0.6 is 0 Å². The van der Waals surface area contributed by atoms with Gasteiger partial charge in [-0.25, -0.2) is 4.79 Å². The minimum Gasteiger partial charge on any atom is -0.506 e. The molecule has 3 aromatic rings. The van der Waals surface area contributed by atoms with E-state index in [2.05, 4.69) is 15.3 Å². The Hall–Kier alpha value is -3.23. The summed E-state index contributed by atoms with van der Waals surface area (Å²) in [5, 5.41) is 32.8. The standard InChI is InChI=1S/C18H17N3O5/c22-14-5-3-12(13-4-6-16(24)21-17(13)14)15(23)9-19-8-11-2-1-10(7-20-11)18(25)26/h1-7,15,19,22-23H,8-9H2,(H,21,24)(H,25,26). The van der Waals surface area contributed by atoms with Crippen LogP contribution in [-0.2, 0) is 6.54 Å². The number of carbonyl (C=O) groups is 1. The molecule has 0 amide bonds. The fraction of sp³-hybridized carbons (Fsp3) is 0.167. The Morgan fingerprint density at radius 1 is 1.19 bits per heavy atom. The number of aromatic nitrogens is 2. The Bertz CT molecular complexity index is 998. The fourth-order valence-corrected chi connectivity index (χ4v) is 2.65. The van der Waals surface area contributed by atoms with Crippen molar-refractivity contribution in [2.75, 3.05) is 6.54 Å². The van der Waals surface area contributed by atoms with Gasteiger partial charge in [-0.3, -0.25) is 9.78 Å². The third-order valence-corrected chi connectivity index (χ3v) is 3.98. The van der Waals surface area contributed by atoms with Gasteiger partial charge in [0.25, 0.3) is 0 Å². The molecule has 0 spiro atoms. The van der Waals surface area contributed by atoms with E-state index in [4.69, 9.17) is 5.11 Å². The van der Waals surface area contributed by atoms with Crippen LogP contribution in [0.15, 0.2) is 47.4 Å². The minimum absolute atomic E-state index is 0.0654. The van der Waals surface area contributed by atoms with Crippen molar-refractivity contribution >= 4 is 16.9 Å². The summed E-state index contributed by atoms with van der Waals surface area (Å²) in [5.74, 6) is -1.10. The monoisotopic (exact) mass is 355 g/mol. The second-order valence-electron chi connectivity index (χ2n) is 5.78. The first-order chi connectivity index (χ1) is 12.5. The average Bonchev–Trinajstić information content (AvgIpc) is 2.62. The average molecular weight is 355 g/mol. The number of nitrogens with one attached hydrogen (secondary N) is 2. The number of aromatic carboxylic acids is 1. The molecule has 8 nitrogen and oxygen atoms in total. The van der Waals surface area contributed by atoms with Crippen molar-refractivity contribution in [1.29, 1.82) is 0 Å². The maximum atomic E-state index is 11.4. The van der Waals surface area contributed by atoms with Gasteiger partial charge in [-0.05, 0) is 29.8 Å². The number of nitrogens with zero attached hydrogens (tertiary/aromatic N) is 1. The molecule has 0 fully saturated rings. The molecular formula is C18H17N3O5. The molecule has 0 bridgehead atoms. The van der Waals surface area contributed by atoms with Crippen molar-refractivity contribution in [2.45, 2.75) is 12.6 Å².